The number of halogens is 2. The molecule has 5 rings (SSSR count). The van der Waals surface area contributed by atoms with Crippen LogP contribution >= 0.6 is 0 Å². The number of hydrogen-bond acceptors (Lipinski definition) is 9. The van der Waals surface area contributed by atoms with Crippen molar-refractivity contribution in [2.75, 3.05) is 24.5 Å². The van der Waals surface area contributed by atoms with Gasteiger partial charge in [-0.05, 0) is 40.5 Å². The van der Waals surface area contributed by atoms with Crippen molar-refractivity contribution in [2.24, 2.45) is 5.41 Å². The molecule has 1 N–H and O–H groups in total. The Bertz CT molecular complexity index is 1430. The first kappa shape index (κ1) is 26.1. The quantitative estimate of drug-likeness (QED) is 0.383. The van der Waals surface area contributed by atoms with Crippen molar-refractivity contribution in [1.82, 2.24) is 40.3 Å². The first-order valence-corrected chi connectivity index (χ1v) is 12.3. The number of nitrogens with zero attached hydrogens (tertiary/aromatic N) is 9. The summed E-state index contributed by atoms with van der Waals surface area (Å²) < 4.78 is 30.3. The van der Waals surface area contributed by atoms with Gasteiger partial charge in [0.25, 0.3) is 5.89 Å². The monoisotopic (exact) mass is 539 g/mol. The Kier molecular flexibility index (Phi) is 6.93. The zero-order valence-corrected chi connectivity index (χ0v) is 21.6. The number of piperazine rings is 1. The lowest BCUT2D eigenvalue weighted by Crippen LogP contribution is -2.59. The average Bonchev–Trinajstić information content (AvgIpc) is 3.59. The predicted octanol–water partition coefficient (Wildman–Crippen LogP) is 3.99. The Morgan fingerprint density at radius 1 is 1.08 bits per heavy atom. The lowest BCUT2D eigenvalue weighted by atomic mass is 9.84. The van der Waals surface area contributed by atoms with Crippen molar-refractivity contribution in [1.29, 1.82) is 0 Å². The van der Waals surface area contributed by atoms with Crippen molar-refractivity contribution in [3.8, 4) is 22.8 Å². The number of aromatic nitrogens is 7. The molecule has 0 bridgehead atoms. The molecule has 1 aliphatic rings. The molecule has 0 aliphatic carbocycles. The molecule has 1 saturated heterocycles. The maximum Gasteiger partial charge on any atom is 0.407 e. The largest absolute Gasteiger partial charge is 0.465 e. The Labute approximate surface area is 222 Å². The van der Waals surface area contributed by atoms with E-state index in [-0.39, 0.29) is 17.3 Å². The number of pyridine rings is 1. The fourth-order valence-electron chi connectivity index (χ4n) is 4.45. The molecule has 1 aliphatic heterocycles. The van der Waals surface area contributed by atoms with Gasteiger partial charge in [-0.2, -0.15) is 13.6 Å². The Balaban J connectivity index is 1.23. The third kappa shape index (κ3) is 5.68. The van der Waals surface area contributed by atoms with Crippen LogP contribution in [0.2, 0.25) is 0 Å². The first-order valence-electron chi connectivity index (χ1n) is 12.3. The van der Waals surface area contributed by atoms with Crippen molar-refractivity contribution < 1.29 is 23.1 Å². The Morgan fingerprint density at radius 2 is 1.82 bits per heavy atom. The molecule has 3 aromatic heterocycles. The van der Waals surface area contributed by atoms with Crippen LogP contribution in [0.25, 0.3) is 22.8 Å². The molecule has 4 heterocycles. The number of benzene rings is 1. The molecule has 4 aromatic rings. The van der Waals surface area contributed by atoms with Crippen LogP contribution < -0.4 is 4.90 Å². The van der Waals surface area contributed by atoms with E-state index in [4.69, 9.17) is 4.42 Å². The number of rotatable bonds is 6. The maximum atomic E-state index is 12.7. The van der Waals surface area contributed by atoms with Crippen LogP contribution in [0.4, 0.5) is 19.4 Å². The van der Waals surface area contributed by atoms with Gasteiger partial charge in [-0.25, -0.2) is 9.78 Å². The molecule has 1 unspecified atom stereocenters. The van der Waals surface area contributed by atoms with Gasteiger partial charge in [0.05, 0.1) is 12.6 Å². The van der Waals surface area contributed by atoms with Gasteiger partial charge in [-0.15, -0.1) is 20.4 Å². The normalized spacial score (nSPS) is 16.2. The fourth-order valence-corrected chi connectivity index (χ4v) is 4.45. The molecule has 14 heteroatoms. The van der Waals surface area contributed by atoms with Crippen LogP contribution in [0.5, 0.6) is 0 Å². The van der Waals surface area contributed by atoms with Crippen LogP contribution in [0.3, 0.4) is 0 Å². The molecular weight excluding hydrogens is 512 g/mol. The molecule has 1 atom stereocenters. The van der Waals surface area contributed by atoms with Gasteiger partial charge in [0.2, 0.25) is 11.7 Å². The topological polar surface area (TPSA) is 139 Å². The summed E-state index contributed by atoms with van der Waals surface area (Å²) in [6.45, 7) is 7.96. The summed E-state index contributed by atoms with van der Waals surface area (Å²) in [5.74, 6) is 0.476. The third-order valence-corrected chi connectivity index (χ3v) is 6.56. The highest BCUT2D eigenvalue weighted by atomic mass is 19.3. The molecule has 1 fully saturated rings. The summed E-state index contributed by atoms with van der Waals surface area (Å²) in [6.07, 6.45) is -2.04. The Hall–Kier alpha value is -4.49. The van der Waals surface area contributed by atoms with Crippen LogP contribution in [0.1, 0.15) is 38.7 Å². The van der Waals surface area contributed by atoms with E-state index in [1.165, 1.54) is 9.70 Å². The van der Waals surface area contributed by atoms with E-state index in [1.54, 1.807) is 30.5 Å². The van der Waals surface area contributed by atoms with Crippen LogP contribution in [0, 0.1) is 5.41 Å². The number of alkyl halides is 2. The minimum absolute atomic E-state index is 0.0201. The standard InChI is InChI=1S/C25H27F2N9O3/c1-25(2,3)18-14-34(10-11-35(18)24(37)38)19-9-8-17(12-28-19)21-29-33-36(32-21)13-15-4-6-16(7-5-15)22-30-31-23(39-22)20(26)27/h4-9,12,18,20H,10-11,13-14H2,1-3H3,(H,37,38). The third-order valence-electron chi connectivity index (χ3n) is 6.56. The molecule has 1 amide bonds. The van der Waals surface area contributed by atoms with Crippen molar-refractivity contribution >= 4 is 11.9 Å². The fraction of sp³-hybridized carbons (Fsp3) is 0.400. The van der Waals surface area contributed by atoms with E-state index in [0.29, 0.717) is 43.1 Å². The molecule has 0 spiro atoms. The van der Waals surface area contributed by atoms with Crippen molar-refractivity contribution in [3.63, 3.8) is 0 Å². The van der Waals surface area contributed by atoms with Crippen LogP contribution in [-0.4, -0.2) is 77.2 Å². The summed E-state index contributed by atoms with van der Waals surface area (Å²) in [6, 6.07) is 10.5. The summed E-state index contributed by atoms with van der Waals surface area (Å²) >= 11 is 0. The molecule has 204 valence electrons. The number of carbonyl (C=O) groups is 1. The van der Waals surface area contributed by atoms with Gasteiger partial charge in [-0.1, -0.05) is 32.9 Å². The minimum atomic E-state index is -2.82. The van der Waals surface area contributed by atoms with Gasteiger partial charge in [0.15, 0.2) is 0 Å². The second-order valence-corrected chi connectivity index (χ2v) is 10.3. The lowest BCUT2D eigenvalue weighted by Gasteiger charge is -2.46. The SMILES string of the molecule is CC(C)(C)C1CN(c2ccc(-c3nnn(Cc4ccc(-c5nnc(C(F)F)o5)cc4)n3)cn2)CCN1C(=O)O. The number of tetrazole rings is 1. The van der Waals surface area contributed by atoms with E-state index in [1.807, 2.05) is 32.9 Å². The van der Waals surface area contributed by atoms with E-state index in [9.17, 15) is 18.7 Å². The zero-order valence-electron chi connectivity index (χ0n) is 21.6. The number of carboxylic acid groups (broad SMARTS) is 1. The lowest BCUT2D eigenvalue weighted by molar-refractivity contribution is 0.0747. The summed E-state index contributed by atoms with van der Waals surface area (Å²) in [7, 11) is 0. The highest BCUT2D eigenvalue weighted by Crippen LogP contribution is 2.30. The van der Waals surface area contributed by atoms with Gasteiger partial charge in [0.1, 0.15) is 5.82 Å². The number of hydrogen-bond donors (Lipinski definition) is 1. The molecule has 1 aromatic carbocycles. The van der Waals surface area contributed by atoms with Crippen LogP contribution in [-0.2, 0) is 6.54 Å². The highest BCUT2D eigenvalue weighted by molar-refractivity contribution is 5.66. The van der Waals surface area contributed by atoms with E-state index < -0.39 is 18.4 Å². The molecule has 12 nitrogen and oxygen atoms in total. The van der Waals surface area contributed by atoms with Crippen molar-refractivity contribution in [3.05, 3.63) is 54.0 Å². The molecule has 39 heavy (non-hydrogen) atoms. The van der Waals surface area contributed by atoms with Crippen molar-refractivity contribution in [2.45, 2.75) is 39.8 Å². The van der Waals surface area contributed by atoms with E-state index in [2.05, 4.69) is 35.5 Å². The van der Waals surface area contributed by atoms with E-state index >= 15 is 0 Å². The number of anilines is 1. The smallest absolute Gasteiger partial charge is 0.407 e. The first-order chi connectivity index (χ1) is 18.6. The Morgan fingerprint density at radius 3 is 2.44 bits per heavy atom. The van der Waals surface area contributed by atoms with Crippen LogP contribution in [0.15, 0.2) is 47.0 Å². The second kappa shape index (κ2) is 10.3. The number of amides is 1. The maximum absolute atomic E-state index is 12.7. The second-order valence-electron chi connectivity index (χ2n) is 10.3. The van der Waals surface area contributed by atoms with Gasteiger partial charge in [-0.3, -0.25) is 0 Å². The molecule has 0 radical (unpaired) electrons. The molecular formula is C25H27F2N9O3. The van der Waals surface area contributed by atoms with Gasteiger partial charge in [0, 0.05) is 37.0 Å². The average molecular weight is 540 g/mol. The van der Waals surface area contributed by atoms with Gasteiger partial charge >= 0.3 is 12.5 Å². The summed E-state index contributed by atoms with van der Waals surface area (Å²) in [4.78, 5) is 21.3. The summed E-state index contributed by atoms with van der Waals surface area (Å²) in [5, 5.41) is 29.3. The van der Waals surface area contributed by atoms with Gasteiger partial charge < -0.3 is 19.3 Å². The van der Waals surface area contributed by atoms with E-state index in [0.717, 1.165) is 11.4 Å². The predicted molar refractivity (Wildman–Crippen MR) is 135 cm³/mol. The summed E-state index contributed by atoms with van der Waals surface area (Å²) in [5.41, 5.74) is 1.86. The highest BCUT2D eigenvalue weighted by Gasteiger charge is 2.38. The zero-order chi connectivity index (χ0) is 27.7. The minimum Gasteiger partial charge on any atom is -0.465 e. The molecule has 0 saturated carbocycles.